The Morgan fingerprint density at radius 1 is 1.12 bits per heavy atom. The van der Waals surface area contributed by atoms with Crippen molar-refractivity contribution in [2.75, 3.05) is 33.9 Å². The zero-order valence-electron chi connectivity index (χ0n) is 15.7. The molecule has 0 bridgehead atoms. The highest BCUT2D eigenvalue weighted by Gasteiger charge is 2.24. The molecule has 1 aliphatic heterocycles. The van der Waals surface area contributed by atoms with E-state index in [1.165, 1.54) is 0 Å². The second-order valence-corrected chi connectivity index (χ2v) is 6.25. The van der Waals surface area contributed by atoms with Gasteiger partial charge in [-0.3, -0.25) is 4.79 Å². The number of benzene rings is 1. The van der Waals surface area contributed by atoms with Crippen molar-refractivity contribution in [3.05, 3.63) is 23.8 Å². The number of rotatable bonds is 7. The lowest BCUT2D eigenvalue weighted by molar-refractivity contribution is -0.122. The fourth-order valence-corrected chi connectivity index (χ4v) is 2.99. The van der Waals surface area contributed by atoms with Crippen molar-refractivity contribution in [3.63, 3.8) is 0 Å². The molecule has 26 heavy (non-hydrogen) atoms. The molecule has 1 fully saturated rings. The first-order valence-electron chi connectivity index (χ1n) is 8.98. The van der Waals surface area contributed by atoms with Crippen LogP contribution in [0.15, 0.2) is 18.2 Å². The number of amides is 2. The van der Waals surface area contributed by atoms with E-state index in [4.69, 9.17) is 14.2 Å². The smallest absolute Gasteiger partial charge is 0.409 e. The third-order valence-corrected chi connectivity index (χ3v) is 4.44. The summed E-state index contributed by atoms with van der Waals surface area (Å²) in [4.78, 5) is 25.6. The Bertz CT molecular complexity index is 590. The monoisotopic (exact) mass is 364 g/mol. The predicted molar refractivity (Wildman–Crippen MR) is 97.6 cm³/mol. The predicted octanol–water partition coefficient (Wildman–Crippen LogP) is 2.37. The molecule has 2 amide bonds. The van der Waals surface area contributed by atoms with E-state index in [1.54, 1.807) is 32.1 Å². The number of aryl methyl sites for hydroxylation is 1. The van der Waals surface area contributed by atoms with E-state index >= 15 is 0 Å². The molecular formula is C19H28N2O5. The van der Waals surface area contributed by atoms with Gasteiger partial charge in [-0.15, -0.1) is 0 Å². The summed E-state index contributed by atoms with van der Waals surface area (Å²) in [6.07, 6.45) is 2.23. The molecule has 0 unspecified atom stereocenters. The van der Waals surface area contributed by atoms with Crippen LogP contribution in [0.4, 0.5) is 4.79 Å². The standard InChI is InChI=1S/C19H28N2O5/c1-4-26-19(23)21-9-7-15(8-10-21)20-18(22)6-5-14-11-16(24-2)13-17(12-14)25-3/h11-13,15H,4-10H2,1-3H3,(H,20,22). The fraction of sp³-hybridized carbons (Fsp3) is 0.579. The number of hydrogen-bond acceptors (Lipinski definition) is 5. The van der Waals surface area contributed by atoms with Gasteiger partial charge >= 0.3 is 6.09 Å². The molecule has 0 saturated carbocycles. The Kier molecular flexibility index (Phi) is 7.56. The molecule has 0 radical (unpaired) electrons. The van der Waals surface area contributed by atoms with Crippen LogP contribution < -0.4 is 14.8 Å². The minimum absolute atomic E-state index is 0.0152. The number of hydrogen-bond donors (Lipinski definition) is 1. The summed E-state index contributed by atoms with van der Waals surface area (Å²) in [5, 5.41) is 3.06. The van der Waals surface area contributed by atoms with Crippen molar-refractivity contribution >= 4 is 12.0 Å². The Hall–Kier alpha value is -2.44. The van der Waals surface area contributed by atoms with Crippen LogP contribution in [0.5, 0.6) is 11.5 Å². The minimum atomic E-state index is -0.274. The second-order valence-electron chi connectivity index (χ2n) is 6.25. The van der Waals surface area contributed by atoms with E-state index < -0.39 is 0 Å². The van der Waals surface area contributed by atoms with E-state index in [0.29, 0.717) is 44.0 Å². The maximum Gasteiger partial charge on any atom is 0.409 e. The average molecular weight is 364 g/mol. The molecule has 0 spiro atoms. The number of carbonyl (C=O) groups excluding carboxylic acids is 2. The molecule has 7 heteroatoms. The molecular weight excluding hydrogens is 336 g/mol. The molecule has 1 saturated heterocycles. The van der Waals surface area contributed by atoms with Crippen LogP contribution in [0.2, 0.25) is 0 Å². The van der Waals surface area contributed by atoms with Crippen molar-refractivity contribution in [2.45, 2.75) is 38.6 Å². The minimum Gasteiger partial charge on any atom is -0.497 e. The molecule has 0 atom stereocenters. The highest BCUT2D eigenvalue weighted by Crippen LogP contribution is 2.23. The molecule has 7 nitrogen and oxygen atoms in total. The van der Waals surface area contributed by atoms with Gasteiger partial charge in [0.2, 0.25) is 5.91 Å². The van der Waals surface area contributed by atoms with E-state index in [9.17, 15) is 9.59 Å². The normalized spacial score (nSPS) is 14.7. The van der Waals surface area contributed by atoms with Gasteiger partial charge in [0.15, 0.2) is 0 Å². The molecule has 1 heterocycles. The van der Waals surface area contributed by atoms with Gasteiger partial charge in [-0.1, -0.05) is 0 Å². The zero-order chi connectivity index (χ0) is 18.9. The van der Waals surface area contributed by atoms with Gasteiger partial charge in [-0.05, 0) is 43.9 Å². The van der Waals surface area contributed by atoms with Crippen LogP contribution in [0.25, 0.3) is 0 Å². The maximum absolute atomic E-state index is 12.2. The summed E-state index contributed by atoms with van der Waals surface area (Å²) in [7, 11) is 3.21. The summed E-state index contributed by atoms with van der Waals surface area (Å²) < 4.78 is 15.5. The number of nitrogens with one attached hydrogen (secondary N) is 1. The molecule has 1 aromatic rings. The molecule has 144 valence electrons. The van der Waals surface area contributed by atoms with Crippen LogP contribution in [0.1, 0.15) is 31.7 Å². The van der Waals surface area contributed by atoms with Crippen molar-refractivity contribution in [2.24, 2.45) is 0 Å². The summed E-state index contributed by atoms with van der Waals surface area (Å²) in [5.74, 6) is 1.44. The van der Waals surface area contributed by atoms with Crippen molar-refractivity contribution in [1.82, 2.24) is 10.2 Å². The van der Waals surface area contributed by atoms with Crippen LogP contribution in [0.3, 0.4) is 0 Å². The summed E-state index contributed by atoms with van der Waals surface area (Å²) in [5.41, 5.74) is 0.994. The first-order chi connectivity index (χ1) is 12.5. The Balaban J connectivity index is 1.77. The lowest BCUT2D eigenvalue weighted by Crippen LogP contribution is -2.46. The highest BCUT2D eigenvalue weighted by atomic mass is 16.6. The molecule has 0 aliphatic carbocycles. The number of ether oxygens (including phenoxy) is 3. The van der Waals surface area contributed by atoms with Gasteiger partial charge < -0.3 is 24.4 Å². The number of piperidine rings is 1. The van der Waals surface area contributed by atoms with Gasteiger partial charge in [-0.25, -0.2) is 4.79 Å². The Morgan fingerprint density at radius 3 is 2.27 bits per heavy atom. The third kappa shape index (κ3) is 5.82. The quantitative estimate of drug-likeness (QED) is 0.804. The zero-order valence-corrected chi connectivity index (χ0v) is 15.7. The molecule has 2 rings (SSSR count). The van der Waals surface area contributed by atoms with Gasteiger partial charge in [0.1, 0.15) is 11.5 Å². The number of carbonyl (C=O) groups is 2. The number of nitrogens with zero attached hydrogens (tertiary/aromatic N) is 1. The first kappa shape index (κ1) is 19.9. The molecule has 1 N–H and O–H groups in total. The van der Waals surface area contributed by atoms with Gasteiger partial charge in [0.05, 0.1) is 20.8 Å². The van der Waals surface area contributed by atoms with E-state index in [-0.39, 0.29) is 18.0 Å². The lowest BCUT2D eigenvalue weighted by atomic mass is 10.0. The summed E-state index contributed by atoms with van der Waals surface area (Å²) in [6, 6.07) is 5.73. The molecule has 0 aromatic heterocycles. The van der Waals surface area contributed by atoms with Crippen molar-refractivity contribution in [3.8, 4) is 11.5 Å². The Labute approximate surface area is 154 Å². The second kappa shape index (κ2) is 9.89. The number of likely N-dealkylation sites (tertiary alicyclic amines) is 1. The lowest BCUT2D eigenvalue weighted by Gasteiger charge is -2.31. The van der Waals surface area contributed by atoms with E-state index in [1.807, 2.05) is 12.1 Å². The highest BCUT2D eigenvalue weighted by molar-refractivity contribution is 5.76. The van der Waals surface area contributed by atoms with Crippen LogP contribution in [-0.4, -0.2) is 56.9 Å². The Morgan fingerprint density at radius 2 is 1.73 bits per heavy atom. The third-order valence-electron chi connectivity index (χ3n) is 4.44. The van der Waals surface area contributed by atoms with Crippen LogP contribution in [-0.2, 0) is 16.0 Å². The molecule has 1 aliphatic rings. The molecule has 1 aromatic carbocycles. The van der Waals surface area contributed by atoms with Crippen molar-refractivity contribution in [1.29, 1.82) is 0 Å². The number of methoxy groups -OCH3 is 2. The van der Waals surface area contributed by atoms with Gasteiger partial charge in [-0.2, -0.15) is 0 Å². The summed E-state index contributed by atoms with van der Waals surface area (Å²) >= 11 is 0. The van der Waals surface area contributed by atoms with Gasteiger partial charge in [0, 0.05) is 31.6 Å². The topological polar surface area (TPSA) is 77.1 Å². The van der Waals surface area contributed by atoms with Crippen LogP contribution in [0, 0.1) is 0 Å². The fourth-order valence-electron chi connectivity index (χ4n) is 2.99. The van der Waals surface area contributed by atoms with Crippen molar-refractivity contribution < 1.29 is 23.8 Å². The van der Waals surface area contributed by atoms with E-state index in [2.05, 4.69) is 5.32 Å². The average Bonchev–Trinajstić information content (AvgIpc) is 2.66. The maximum atomic E-state index is 12.2. The van der Waals surface area contributed by atoms with E-state index in [0.717, 1.165) is 18.4 Å². The SMILES string of the molecule is CCOC(=O)N1CCC(NC(=O)CCc2cc(OC)cc(OC)c2)CC1. The van der Waals surface area contributed by atoms with Gasteiger partial charge in [0.25, 0.3) is 0 Å². The first-order valence-corrected chi connectivity index (χ1v) is 8.98. The summed E-state index contributed by atoms with van der Waals surface area (Å²) in [6.45, 7) is 3.39. The largest absolute Gasteiger partial charge is 0.497 e. The van der Waals surface area contributed by atoms with Crippen LogP contribution >= 0.6 is 0 Å².